The van der Waals surface area contributed by atoms with E-state index in [0.29, 0.717) is 12.3 Å². The molecule has 0 saturated heterocycles. The predicted molar refractivity (Wildman–Crippen MR) is 49.1 cm³/mol. The number of hydrogen-bond donors (Lipinski definition) is 1. The van der Waals surface area contributed by atoms with Crippen LogP contribution in [0.5, 0.6) is 0 Å². The molecular weight excluding hydrogens is 184 g/mol. The molecule has 1 aromatic rings. The maximum absolute atomic E-state index is 10.4. The zero-order valence-electron chi connectivity index (χ0n) is 8.19. The molecule has 0 amide bonds. The van der Waals surface area contributed by atoms with Crippen LogP contribution in [0.4, 0.5) is 0 Å². The molecule has 0 spiro atoms. The minimum absolute atomic E-state index is 0.324. The maximum Gasteiger partial charge on any atom is 0.393 e. The van der Waals surface area contributed by atoms with Gasteiger partial charge in [0.2, 0.25) is 5.89 Å². The van der Waals surface area contributed by atoms with Crippen molar-refractivity contribution in [2.45, 2.75) is 39.0 Å². The van der Waals surface area contributed by atoms with Crippen LogP contribution in [0.25, 0.3) is 0 Å². The van der Waals surface area contributed by atoms with Crippen molar-refractivity contribution in [3.8, 4) is 0 Å². The largest absolute Gasteiger partial charge is 0.474 e. The summed E-state index contributed by atoms with van der Waals surface area (Å²) in [5.74, 6) is -1.08. The average Bonchev–Trinajstić information content (AvgIpc) is 2.61. The molecule has 0 aliphatic heterocycles. The summed E-state index contributed by atoms with van der Waals surface area (Å²) in [7, 11) is 0. The van der Waals surface area contributed by atoms with Gasteiger partial charge in [0.05, 0.1) is 0 Å². The van der Waals surface area contributed by atoms with Crippen LogP contribution in [0.3, 0.4) is 0 Å². The van der Waals surface area contributed by atoms with E-state index in [1.54, 1.807) is 0 Å². The summed E-state index contributed by atoms with van der Waals surface area (Å²) in [5, 5.41) is 15.5. The second kappa shape index (κ2) is 5.36. The Bertz CT molecular complexity index is 296. The van der Waals surface area contributed by atoms with Gasteiger partial charge in [-0.3, -0.25) is 0 Å². The molecule has 0 fully saturated rings. The van der Waals surface area contributed by atoms with E-state index in [4.69, 9.17) is 9.52 Å². The highest BCUT2D eigenvalue weighted by atomic mass is 16.4. The van der Waals surface area contributed by atoms with Crippen LogP contribution in [0.15, 0.2) is 4.42 Å². The normalized spacial score (nSPS) is 10.4. The number of aromatic carboxylic acids is 1. The van der Waals surface area contributed by atoms with Gasteiger partial charge in [-0.1, -0.05) is 26.2 Å². The van der Waals surface area contributed by atoms with Crippen LogP contribution in [0.1, 0.15) is 49.2 Å². The molecule has 1 N–H and O–H groups in total. The average molecular weight is 198 g/mol. The number of nitrogens with zero attached hydrogens (tertiary/aromatic N) is 2. The lowest BCUT2D eigenvalue weighted by atomic mass is 10.1. The predicted octanol–water partition coefficient (Wildman–Crippen LogP) is 1.89. The van der Waals surface area contributed by atoms with Crippen LogP contribution in [-0.2, 0) is 6.42 Å². The van der Waals surface area contributed by atoms with Crippen molar-refractivity contribution in [2.75, 3.05) is 0 Å². The number of carboxylic acid groups (broad SMARTS) is 1. The Hall–Kier alpha value is -1.39. The summed E-state index contributed by atoms with van der Waals surface area (Å²) >= 11 is 0. The molecule has 0 aliphatic rings. The van der Waals surface area contributed by atoms with Crippen molar-refractivity contribution in [3.63, 3.8) is 0 Å². The van der Waals surface area contributed by atoms with Gasteiger partial charge in [-0.2, -0.15) is 0 Å². The Morgan fingerprint density at radius 1 is 1.36 bits per heavy atom. The topological polar surface area (TPSA) is 76.2 Å². The van der Waals surface area contributed by atoms with E-state index in [1.165, 1.54) is 12.8 Å². The molecule has 1 aromatic heterocycles. The van der Waals surface area contributed by atoms with E-state index >= 15 is 0 Å². The molecule has 5 heteroatoms. The monoisotopic (exact) mass is 198 g/mol. The minimum atomic E-state index is -1.17. The Labute approximate surface area is 82.1 Å². The lowest BCUT2D eigenvalue weighted by molar-refractivity contribution is 0.0651. The fourth-order valence-corrected chi connectivity index (χ4v) is 1.14. The van der Waals surface area contributed by atoms with E-state index in [1.807, 2.05) is 0 Å². The highest BCUT2D eigenvalue weighted by Gasteiger charge is 2.11. The zero-order valence-corrected chi connectivity index (χ0v) is 8.19. The summed E-state index contributed by atoms with van der Waals surface area (Å²) in [4.78, 5) is 10.4. The SMILES string of the molecule is CCCCCCc1nnc(C(=O)O)o1. The molecule has 0 atom stereocenters. The molecule has 0 unspecified atom stereocenters. The number of aryl methyl sites for hydroxylation is 1. The summed E-state index contributed by atoms with van der Waals surface area (Å²) in [6.45, 7) is 2.13. The number of carbonyl (C=O) groups is 1. The fraction of sp³-hybridized carbons (Fsp3) is 0.667. The molecule has 1 rings (SSSR count). The standard InChI is InChI=1S/C9H14N2O3/c1-2-3-4-5-6-7-10-11-8(14-7)9(12)13/h2-6H2,1H3,(H,12,13). The molecule has 5 nitrogen and oxygen atoms in total. The Morgan fingerprint density at radius 2 is 2.14 bits per heavy atom. The maximum atomic E-state index is 10.4. The summed E-state index contributed by atoms with van der Waals surface area (Å²) < 4.78 is 4.90. The van der Waals surface area contributed by atoms with E-state index < -0.39 is 5.97 Å². The molecule has 14 heavy (non-hydrogen) atoms. The third-order valence-corrected chi connectivity index (χ3v) is 1.89. The molecule has 78 valence electrons. The quantitative estimate of drug-likeness (QED) is 0.706. The number of unbranched alkanes of at least 4 members (excludes halogenated alkanes) is 3. The van der Waals surface area contributed by atoms with Crippen LogP contribution in [0, 0.1) is 0 Å². The minimum Gasteiger partial charge on any atom is -0.474 e. The van der Waals surface area contributed by atoms with Crippen LogP contribution in [-0.4, -0.2) is 21.3 Å². The number of hydrogen-bond acceptors (Lipinski definition) is 4. The number of aromatic nitrogens is 2. The number of rotatable bonds is 6. The summed E-state index contributed by atoms with van der Waals surface area (Å²) in [6, 6.07) is 0. The van der Waals surface area contributed by atoms with Crippen molar-refractivity contribution in [2.24, 2.45) is 0 Å². The first-order chi connectivity index (χ1) is 6.74. The van der Waals surface area contributed by atoms with Gasteiger partial charge in [-0.05, 0) is 6.42 Å². The zero-order chi connectivity index (χ0) is 10.4. The van der Waals surface area contributed by atoms with Crippen molar-refractivity contribution < 1.29 is 14.3 Å². The first-order valence-electron chi connectivity index (χ1n) is 4.79. The second-order valence-corrected chi connectivity index (χ2v) is 3.12. The Morgan fingerprint density at radius 3 is 2.71 bits per heavy atom. The molecular formula is C9H14N2O3. The lowest BCUT2D eigenvalue weighted by Gasteiger charge is -1.94. The van der Waals surface area contributed by atoms with E-state index in [-0.39, 0.29) is 5.89 Å². The highest BCUT2D eigenvalue weighted by Crippen LogP contribution is 2.06. The Kier molecular flexibility index (Phi) is 4.10. The van der Waals surface area contributed by atoms with Crippen LogP contribution in [0.2, 0.25) is 0 Å². The fourth-order valence-electron chi connectivity index (χ4n) is 1.14. The van der Waals surface area contributed by atoms with Gasteiger partial charge < -0.3 is 9.52 Å². The van der Waals surface area contributed by atoms with Crippen molar-refractivity contribution >= 4 is 5.97 Å². The van der Waals surface area contributed by atoms with Gasteiger partial charge in [-0.15, -0.1) is 10.2 Å². The summed E-state index contributed by atoms with van der Waals surface area (Å²) in [6.07, 6.45) is 5.10. The summed E-state index contributed by atoms with van der Waals surface area (Å²) in [5.41, 5.74) is 0. The molecule has 0 aromatic carbocycles. The highest BCUT2D eigenvalue weighted by molar-refractivity contribution is 5.81. The van der Waals surface area contributed by atoms with Gasteiger partial charge in [0.15, 0.2) is 0 Å². The molecule has 0 saturated carbocycles. The third-order valence-electron chi connectivity index (χ3n) is 1.89. The van der Waals surface area contributed by atoms with E-state index in [0.717, 1.165) is 12.8 Å². The van der Waals surface area contributed by atoms with E-state index in [2.05, 4.69) is 17.1 Å². The van der Waals surface area contributed by atoms with Crippen molar-refractivity contribution in [3.05, 3.63) is 11.8 Å². The molecule has 0 aliphatic carbocycles. The molecule has 0 bridgehead atoms. The van der Waals surface area contributed by atoms with Crippen LogP contribution < -0.4 is 0 Å². The second-order valence-electron chi connectivity index (χ2n) is 3.12. The Balaban J connectivity index is 2.33. The molecule has 1 heterocycles. The first-order valence-corrected chi connectivity index (χ1v) is 4.79. The van der Waals surface area contributed by atoms with E-state index in [9.17, 15) is 4.79 Å². The van der Waals surface area contributed by atoms with Gasteiger partial charge in [0.25, 0.3) is 0 Å². The van der Waals surface area contributed by atoms with Crippen molar-refractivity contribution in [1.82, 2.24) is 10.2 Å². The number of carboxylic acids is 1. The van der Waals surface area contributed by atoms with Gasteiger partial charge in [-0.25, -0.2) is 4.79 Å². The van der Waals surface area contributed by atoms with Crippen molar-refractivity contribution in [1.29, 1.82) is 0 Å². The lowest BCUT2D eigenvalue weighted by Crippen LogP contribution is -1.95. The smallest absolute Gasteiger partial charge is 0.393 e. The first kappa shape index (κ1) is 10.7. The van der Waals surface area contributed by atoms with Crippen LogP contribution >= 0.6 is 0 Å². The van der Waals surface area contributed by atoms with Gasteiger partial charge >= 0.3 is 11.9 Å². The van der Waals surface area contributed by atoms with Gasteiger partial charge in [0, 0.05) is 6.42 Å². The molecule has 0 radical (unpaired) electrons. The van der Waals surface area contributed by atoms with Gasteiger partial charge in [0.1, 0.15) is 0 Å². The third kappa shape index (κ3) is 3.16.